The van der Waals surface area contributed by atoms with Crippen molar-refractivity contribution < 1.29 is 0 Å². The average Bonchev–Trinajstić information content (AvgIpc) is 2.46. The van der Waals surface area contributed by atoms with Crippen LogP contribution in [0.5, 0.6) is 0 Å². The summed E-state index contributed by atoms with van der Waals surface area (Å²) in [6.07, 6.45) is 4.02. The summed E-state index contributed by atoms with van der Waals surface area (Å²) in [5.41, 5.74) is 2.46. The molecule has 0 amide bonds. The first-order valence-electron chi connectivity index (χ1n) is 4.62. The lowest BCUT2D eigenvalue weighted by molar-refractivity contribution is 0.770. The van der Waals surface area contributed by atoms with Gasteiger partial charge in [-0.3, -0.25) is 0 Å². The molecule has 0 atom stereocenters. The number of nitrogens with zero attached hydrogens (tertiary/aromatic N) is 2. The number of hydrogen-bond donors (Lipinski definition) is 0. The quantitative estimate of drug-likeness (QED) is 0.649. The van der Waals surface area contributed by atoms with Crippen molar-refractivity contribution in [3.8, 4) is 0 Å². The fourth-order valence-electron chi connectivity index (χ4n) is 1.56. The van der Waals surface area contributed by atoms with Gasteiger partial charge in [0.05, 0.1) is 11.7 Å². The van der Waals surface area contributed by atoms with Gasteiger partial charge < -0.3 is 4.40 Å². The van der Waals surface area contributed by atoms with Crippen LogP contribution in [0.1, 0.15) is 31.2 Å². The minimum absolute atomic E-state index is 0.477. The Morgan fingerprint density at radius 3 is 2.85 bits per heavy atom. The van der Waals surface area contributed by atoms with E-state index in [9.17, 15) is 0 Å². The van der Waals surface area contributed by atoms with Crippen molar-refractivity contribution in [2.45, 2.75) is 26.7 Å². The van der Waals surface area contributed by atoms with E-state index in [0.29, 0.717) is 5.92 Å². The van der Waals surface area contributed by atoms with Gasteiger partial charge in [-0.25, -0.2) is 4.98 Å². The topological polar surface area (TPSA) is 17.3 Å². The van der Waals surface area contributed by atoms with Crippen molar-refractivity contribution in [1.29, 1.82) is 0 Å². The van der Waals surface area contributed by atoms with Gasteiger partial charge in [-0.1, -0.05) is 13.8 Å². The molecule has 0 unspecified atom stereocenters. The predicted octanol–water partition coefficient (Wildman–Crippen LogP) is 2.77. The van der Waals surface area contributed by atoms with Crippen LogP contribution in [0.3, 0.4) is 0 Å². The van der Waals surface area contributed by atoms with Gasteiger partial charge in [0.25, 0.3) is 0 Å². The molecular weight excluding hydrogens is 160 g/mol. The third-order valence-electron chi connectivity index (χ3n) is 2.23. The molecule has 0 saturated carbocycles. The van der Waals surface area contributed by atoms with Crippen LogP contribution < -0.4 is 0 Å². The van der Waals surface area contributed by atoms with Gasteiger partial charge in [0, 0.05) is 12.1 Å². The Kier molecular flexibility index (Phi) is 1.83. The number of rotatable bonds is 1. The number of aryl methyl sites for hydroxylation is 1. The maximum absolute atomic E-state index is 4.40. The zero-order valence-corrected chi connectivity index (χ0v) is 8.28. The molecule has 2 nitrogen and oxygen atoms in total. The molecule has 2 heterocycles. The summed E-state index contributed by atoms with van der Waals surface area (Å²) < 4.78 is 2.15. The Labute approximate surface area is 78.2 Å². The Hall–Kier alpha value is -1.31. The molecule has 0 aliphatic heterocycles. The summed E-state index contributed by atoms with van der Waals surface area (Å²) in [5.74, 6) is 1.61. The zero-order valence-electron chi connectivity index (χ0n) is 8.28. The number of hydrogen-bond acceptors (Lipinski definition) is 1. The number of imidazole rings is 1. The molecule has 13 heavy (non-hydrogen) atoms. The van der Waals surface area contributed by atoms with Crippen molar-refractivity contribution in [3.63, 3.8) is 0 Å². The Morgan fingerprint density at radius 2 is 2.15 bits per heavy atom. The molecule has 0 aromatic carbocycles. The van der Waals surface area contributed by atoms with Crippen molar-refractivity contribution in [1.82, 2.24) is 9.38 Å². The minimum Gasteiger partial charge on any atom is -0.304 e. The van der Waals surface area contributed by atoms with Gasteiger partial charge in [-0.05, 0) is 24.6 Å². The second-order valence-electron chi connectivity index (χ2n) is 3.77. The van der Waals surface area contributed by atoms with Gasteiger partial charge in [0.1, 0.15) is 5.82 Å². The molecule has 0 fully saturated rings. The normalized spacial score (nSPS) is 11.4. The van der Waals surface area contributed by atoms with Crippen LogP contribution in [0.4, 0.5) is 0 Å². The van der Waals surface area contributed by atoms with E-state index < -0.39 is 0 Å². The van der Waals surface area contributed by atoms with Crippen molar-refractivity contribution in [2.24, 2.45) is 0 Å². The number of pyridine rings is 1. The fourth-order valence-corrected chi connectivity index (χ4v) is 1.56. The van der Waals surface area contributed by atoms with Crippen LogP contribution in [-0.2, 0) is 0 Å². The van der Waals surface area contributed by atoms with Crippen LogP contribution in [0.2, 0.25) is 0 Å². The summed E-state index contributed by atoms with van der Waals surface area (Å²) in [6.45, 7) is 6.42. The van der Waals surface area contributed by atoms with E-state index in [0.717, 1.165) is 5.82 Å². The van der Waals surface area contributed by atoms with Crippen LogP contribution in [0.15, 0.2) is 24.5 Å². The summed E-state index contributed by atoms with van der Waals surface area (Å²) in [5, 5.41) is 0. The lowest BCUT2D eigenvalue weighted by Crippen LogP contribution is -1.96. The van der Waals surface area contributed by atoms with E-state index in [2.05, 4.69) is 48.5 Å². The minimum atomic E-state index is 0.477. The first kappa shape index (κ1) is 8.30. The van der Waals surface area contributed by atoms with Gasteiger partial charge in [-0.2, -0.15) is 0 Å². The Morgan fingerprint density at radius 1 is 1.38 bits per heavy atom. The van der Waals surface area contributed by atoms with Gasteiger partial charge in [0.15, 0.2) is 0 Å². The summed E-state index contributed by atoms with van der Waals surface area (Å²) in [6, 6.07) is 4.26. The Balaban J connectivity index is 2.69. The van der Waals surface area contributed by atoms with Gasteiger partial charge in [0.2, 0.25) is 0 Å². The number of aromatic nitrogens is 2. The Bertz CT molecular complexity index is 427. The molecule has 2 heteroatoms. The highest BCUT2D eigenvalue weighted by Crippen LogP contribution is 2.15. The molecule has 0 radical (unpaired) electrons. The van der Waals surface area contributed by atoms with E-state index in [1.54, 1.807) is 0 Å². The van der Waals surface area contributed by atoms with Crippen LogP contribution in [0.25, 0.3) is 5.52 Å². The van der Waals surface area contributed by atoms with Gasteiger partial charge in [-0.15, -0.1) is 0 Å². The third kappa shape index (κ3) is 1.32. The molecule has 0 aliphatic rings. The maximum Gasteiger partial charge on any atom is 0.115 e. The molecule has 68 valence electrons. The molecule has 0 aliphatic carbocycles. The first-order chi connectivity index (χ1) is 6.18. The fraction of sp³-hybridized carbons (Fsp3) is 0.364. The molecular formula is C11H14N2. The highest BCUT2D eigenvalue weighted by molar-refractivity contribution is 5.48. The first-order valence-corrected chi connectivity index (χ1v) is 4.62. The largest absolute Gasteiger partial charge is 0.304 e. The molecule has 2 rings (SSSR count). The van der Waals surface area contributed by atoms with Crippen molar-refractivity contribution >= 4 is 5.52 Å². The summed E-state index contributed by atoms with van der Waals surface area (Å²) >= 11 is 0. The molecule has 0 N–H and O–H groups in total. The summed E-state index contributed by atoms with van der Waals surface area (Å²) in [4.78, 5) is 4.40. The second-order valence-corrected chi connectivity index (χ2v) is 3.77. The van der Waals surface area contributed by atoms with E-state index in [1.807, 2.05) is 6.20 Å². The third-order valence-corrected chi connectivity index (χ3v) is 2.23. The maximum atomic E-state index is 4.40. The van der Waals surface area contributed by atoms with E-state index in [4.69, 9.17) is 0 Å². The van der Waals surface area contributed by atoms with E-state index >= 15 is 0 Å². The van der Waals surface area contributed by atoms with Crippen LogP contribution >= 0.6 is 0 Å². The monoisotopic (exact) mass is 174 g/mol. The second kappa shape index (κ2) is 2.87. The van der Waals surface area contributed by atoms with Gasteiger partial charge >= 0.3 is 0 Å². The van der Waals surface area contributed by atoms with E-state index in [-0.39, 0.29) is 0 Å². The van der Waals surface area contributed by atoms with Crippen molar-refractivity contribution in [2.75, 3.05) is 0 Å². The smallest absolute Gasteiger partial charge is 0.115 e. The highest BCUT2D eigenvalue weighted by Gasteiger charge is 2.06. The molecule has 0 spiro atoms. The molecule has 2 aromatic heterocycles. The summed E-state index contributed by atoms with van der Waals surface area (Å²) in [7, 11) is 0. The zero-order chi connectivity index (χ0) is 9.42. The standard InChI is InChI=1S/C11H14N2/c1-8(2)11-12-7-10-6-9(3)4-5-13(10)11/h4-8H,1-3H3. The van der Waals surface area contributed by atoms with E-state index in [1.165, 1.54) is 11.1 Å². The predicted molar refractivity (Wildman–Crippen MR) is 54.0 cm³/mol. The SMILES string of the molecule is Cc1ccn2c(C(C)C)ncc2c1. The van der Waals surface area contributed by atoms with Crippen LogP contribution in [0, 0.1) is 6.92 Å². The van der Waals surface area contributed by atoms with Crippen LogP contribution in [-0.4, -0.2) is 9.38 Å². The molecule has 0 saturated heterocycles. The lowest BCUT2D eigenvalue weighted by atomic mass is 10.2. The molecule has 0 bridgehead atoms. The number of fused-ring (bicyclic) bond motifs is 1. The molecule has 2 aromatic rings. The average molecular weight is 174 g/mol. The lowest BCUT2D eigenvalue weighted by Gasteiger charge is -2.03. The van der Waals surface area contributed by atoms with Crippen molar-refractivity contribution in [3.05, 3.63) is 35.9 Å². The highest BCUT2D eigenvalue weighted by atomic mass is 15.0.